The molecule has 3 heterocycles. The molecule has 0 radical (unpaired) electrons. The highest BCUT2D eigenvalue weighted by Gasteiger charge is 2.18. The molecule has 0 bridgehead atoms. The van der Waals surface area contributed by atoms with Crippen molar-refractivity contribution in [1.82, 2.24) is 19.9 Å². The van der Waals surface area contributed by atoms with Crippen molar-refractivity contribution < 1.29 is 4.74 Å². The number of imidazole rings is 1. The van der Waals surface area contributed by atoms with Gasteiger partial charge in [-0.05, 0) is 50.4 Å². The average molecular weight is 288 g/mol. The molecule has 0 saturated carbocycles. The summed E-state index contributed by atoms with van der Waals surface area (Å²) < 4.78 is 7.47. The number of methoxy groups -OCH3 is 1. The van der Waals surface area contributed by atoms with Gasteiger partial charge in [0, 0.05) is 32.9 Å². The maximum absolute atomic E-state index is 5.18. The maximum atomic E-state index is 5.18. The number of hydrogen-bond acceptors (Lipinski definition) is 4. The Morgan fingerprint density at radius 3 is 3.05 bits per heavy atom. The van der Waals surface area contributed by atoms with Crippen LogP contribution < -0.4 is 5.32 Å². The smallest absolute Gasteiger partial charge is 0.159 e. The minimum Gasteiger partial charge on any atom is -0.385 e. The molecule has 1 N–H and O–H groups in total. The third kappa shape index (κ3) is 3.41. The number of aryl methyl sites for hydroxylation is 1. The van der Waals surface area contributed by atoms with Crippen molar-refractivity contribution in [3.05, 3.63) is 24.2 Å². The van der Waals surface area contributed by atoms with E-state index in [1.54, 1.807) is 7.11 Å². The van der Waals surface area contributed by atoms with E-state index < -0.39 is 0 Å². The standard InChI is InChI=1S/C16H24N4O/c1-21-11-3-10-20-15(12-13-5-8-17-9-6-13)19-14-4-2-7-18-16(14)20/h2,4,7,13,17H,3,5-6,8-12H2,1H3. The first-order chi connectivity index (χ1) is 10.4. The Hall–Kier alpha value is -1.46. The maximum Gasteiger partial charge on any atom is 0.159 e. The fraction of sp³-hybridized carbons (Fsp3) is 0.625. The normalized spacial score (nSPS) is 16.6. The quantitative estimate of drug-likeness (QED) is 0.826. The van der Waals surface area contributed by atoms with Gasteiger partial charge in [-0.3, -0.25) is 0 Å². The highest BCUT2D eigenvalue weighted by Crippen LogP contribution is 2.21. The fourth-order valence-corrected chi connectivity index (χ4v) is 3.11. The van der Waals surface area contributed by atoms with Crippen LogP contribution in [0.25, 0.3) is 11.2 Å². The van der Waals surface area contributed by atoms with Crippen LogP contribution in [0, 0.1) is 5.92 Å². The van der Waals surface area contributed by atoms with Gasteiger partial charge in [0.2, 0.25) is 0 Å². The lowest BCUT2D eigenvalue weighted by Gasteiger charge is -2.22. The summed E-state index contributed by atoms with van der Waals surface area (Å²) in [7, 11) is 1.75. The zero-order valence-electron chi connectivity index (χ0n) is 12.7. The van der Waals surface area contributed by atoms with Crippen molar-refractivity contribution in [3.63, 3.8) is 0 Å². The van der Waals surface area contributed by atoms with Gasteiger partial charge >= 0.3 is 0 Å². The molecule has 1 saturated heterocycles. The molecule has 114 valence electrons. The number of hydrogen-bond donors (Lipinski definition) is 1. The van der Waals surface area contributed by atoms with Crippen molar-refractivity contribution >= 4 is 11.2 Å². The van der Waals surface area contributed by atoms with Gasteiger partial charge in [-0.1, -0.05) is 0 Å². The van der Waals surface area contributed by atoms with Crippen molar-refractivity contribution in [2.45, 2.75) is 32.2 Å². The topological polar surface area (TPSA) is 52.0 Å². The first-order valence-corrected chi connectivity index (χ1v) is 7.88. The number of ether oxygens (including phenoxy) is 1. The Bertz CT molecular complexity index is 575. The van der Waals surface area contributed by atoms with Crippen LogP contribution in [-0.4, -0.2) is 41.3 Å². The number of fused-ring (bicyclic) bond motifs is 1. The van der Waals surface area contributed by atoms with Crippen LogP contribution in [-0.2, 0) is 17.7 Å². The summed E-state index contributed by atoms with van der Waals surface area (Å²) in [4.78, 5) is 9.35. The Kier molecular flexibility index (Phi) is 4.83. The van der Waals surface area contributed by atoms with Gasteiger partial charge in [-0.2, -0.15) is 0 Å². The average Bonchev–Trinajstić information content (AvgIpc) is 2.86. The minimum absolute atomic E-state index is 0.740. The lowest BCUT2D eigenvalue weighted by molar-refractivity contribution is 0.190. The Morgan fingerprint density at radius 2 is 2.24 bits per heavy atom. The summed E-state index contributed by atoms with van der Waals surface area (Å²) in [5.41, 5.74) is 2.02. The van der Waals surface area contributed by atoms with Crippen LogP contribution in [0.1, 0.15) is 25.1 Å². The van der Waals surface area contributed by atoms with Crippen molar-refractivity contribution in [1.29, 1.82) is 0 Å². The van der Waals surface area contributed by atoms with Gasteiger partial charge in [-0.25, -0.2) is 9.97 Å². The molecule has 1 aliphatic rings. The Morgan fingerprint density at radius 1 is 1.38 bits per heavy atom. The second-order valence-corrected chi connectivity index (χ2v) is 5.77. The van der Waals surface area contributed by atoms with Crippen molar-refractivity contribution in [2.24, 2.45) is 5.92 Å². The Labute approximate surface area is 125 Å². The lowest BCUT2D eigenvalue weighted by atomic mass is 9.94. The third-order valence-corrected chi connectivity index (χ3v) is 4.24. The van der Waals surface area contributed by atoms with Gasteiger partial charge in [-0.15, -0.1) is 0 Å². The number of pyridine rings is 1. The number of nitrogens with zero attached hydrogens (tertiary/aromatic N) is 3. The largest absolute Gasteiger partial charge is 0.385 e. The Balaban J connectivity index is 1.82. The second-order valence-electron chi connectivity index (χ2n) is 5.77. The van der Waals surface area contributed by atoms with Crippen LogP contribution in [0.5, 0.6) is 0 Å². The van der Waals surface area contributed by atoms with Gasteiger partial charge < -0.3 is 14.6 Å². The SMILES string of the molecule is COCCCn1c(CC2CCNCC2)nc2cccnc21. The highest BCUT2D eigenvalue weighted by molar-refractivity contribution is 5.71. The number of aromatic nitrogens is 3. The summed E-state index contributed by atoms with van der Waals surface area (Å²) in [6.45, 7) is 3.97. The van der Waals surface area contributed by atoms with Gasteiger partial charge in [0.1, 0.15) is 11.3 Å². The molecule has 0 aliphatic carbocycles. The highest BCUT2D eigenvalue weighted by atomic mass is 16.5. The third-order valence-electron chi connectivity index (χ3n) is 4.24. The molecular weight excluding hydrogens is 264 g/mol. The summed E-state index contributed by atoms with van der Waals surface area (Å²) >= 11 is 0. The van der Waals surface area contributed by atoms with E-state index in [2.05, 4.69) is 20.9 Å². The number of rotatable bonds is 6. The first-order valence-electron chi connectivity index (χ1n) is 7.88. The monoisotopic (exact) mass is 288 g/mol. The molecule has 3 rings (SSSR count). The minimum atomic E-state index is 0.740. The molecule has 2 aromatic rings. The lowest BCUT2D eigenvalue weighted by Crippen LogP contribution is -2.29. The van der Waals surface area contributed by atoms with E-state index in [9.17, 15) is 0 Å². The second kappa shape index (κ2) is 7.00. The van der Waals surface area contributed by atoms with E-state index in [-0.39, 0.29) is 0 Å². The molecule has 0 aromatic carbocycles. The molecule has 0 spiro atoms. The predicted octanol–water partition coefficient (Wildman–Crippen LogP) is 2.01. The molecule has 1 aliphatic heterocycles. The summed E-state index contributed by atoms with van der Waals surface area (Å²) in [5.74, 6) is 1.93. The summed E-state index contributed by atoms with van der Waals surface area (Å²) in [6, 6.07) is 4.02. The first kappa shape index (κ1) is 14.5. The van der Waals surface area contributed by atoms with Crippen LogP contribution in [0.2, 0.25) is 0 Å². The summed E-state index contributed by atoms with van der Waals surface area (Å²) in [6.07, 6.45) is 6.40. The van der Waals surface area contributed by atoms with Crippen LogP contribution in [0.15, 0.2) is 18.3 Å². The van der Waals surface area contributed by atoms with E-state index in [0.29, 0.717) is 0 Å². The van der Waals surface area contributed by atoms with Gasteiger partial charge in [0.15, 0.2) is 5.65 Å². The zero-order chi connectivity index (χ0) is 14.5. The molecule has 21 heavy (non-hydrogen) atoms. The number of piperidine rings is 1. The molecule has 2 aromatic heterocycles. The van der Waals surface area contributed by atoms with Crippen molar-refractivity contribution in [3.8, 4) is 0 Å². The van der Waals surface area contributed by atoms with E-state index in [1.807, 2.05) is 12.3 Å². The van der Waals surface area contributed by atoms with E-state index in [0.717, 1.165) is 56.2 Å². The van der Waals surface area contributed by atoms with Gasteiger partial charge in [0.05, 0.1) is 0 Å². The molecule has 0 amide bonds. The zero-order valence-corrected chi connectivity index (χ0v) is 12.7. The predicted molar refractivity (Wildman–Crippen MR) is 83.3 cm³/mol. The van der Waals surface area contributed by atoms with Crippen LogP contribution in [0.4, 0.5) is 0 Å². The molecule has 1 fully saturated rings. The van der Waals surface area contributed by atoms with Crippen LogP contribution in [0.3, 0.4) is 0 Å². The van der Waals surface area contributed by atoms with E-state index in [1.165, 1.54) is 18.7 Å². The molecular formula is C16H24N4O. The summed E-state index contributed by atoms with van der Waals surface area (Å²) in [5, 5.41) is 3.43. The van der Waals surface area contributed by atoms with Gasteiger partial charge in [0.25, 0.3) is 0 Å². The van der Waals surface area contributed by atoms with Crippen LogP contribution >= 0.6 is 0 Å². The molecule has 5 heteroatoms. The van der Waals surface area contributed by atoms with E-state index in [4.69, 9.17) is 9.72 Å². The number of nitrogens with one attached hydrogen (secondary N) is 1. The van der Waals surface area contributed by atoms with Crippen molar-refractivity contribution in [2.75, 3.05) is 26.8 Å². The van der Waals surface area contributed by atoms with E-state index >= 15 is 0 Å². The fourth-order valence-electron chi connectivity index (χ4n) is 3.11. The molecule has 5 nitrogen and oxygen atoms in total. The molecule has 0 unspecified atom stereocenters. The molecule has 0 atom stereocenters.